The van der Waals surface area contributed by atoms with Crippen molar-refractivity contribution in [3.63, 3.8) is 0 Å². The minimum Gasteiger partial charge on any atom is -0.508 e. The molecule has 0 saturated carbocycles. The molecule has 0 fully saturated rings. The number of aromatic hydroxyl groups is 2. The maximum absolute atomic E-state index is 12.8. The molecule has 0 heterocycles. The van der Waals surface area contributed by atoms with Gasteiger partial charge in [-0.1, -0.05) is 0 Å². The molecule has 0 spiro atoms. The summed E-state index contributed by atoms with van der Waals surface area (Å²) in [5, 5.41) is 18.8. The highest BCUT2D eigenvalue weighted by molar-refractivity contribution is 6.01. The molecule has 0 bridgehead atoms. The van der Waals surface area contributed by atoms with Crippen molar-refractivity contribution in [3.05, 3.63) is 53.8 Å². The zero-order valence-electron chi connectivity index (χ0n) is 10.9. The van der Waals surface area contributed by atoms with Crippen LogP contribution in [0.2, 0.25) is 0 Å². The zero-order chi connectivity index (χ0) is 14.7. The standard InChI is InChI=1S/C15H14FNO3/c1-17(11-4-2-10(16)3-5-11)9-15(20)13-7-6-12(18)8-14(13)19/h2-8,18-19H,9H2,1H3. The number of hydrogen-bond acceptors (Lipinski definition) is 4. The molecule has 20 heavy (non-hydrogen) atoms. The Kier molecular flexibility index (Phi) is 3.89. The summed E-state index contributed by atoms with van der Waals surface area (Å²) in [6.45, 7) is 0.0317. The van der Waals surface area contributed by atoms with Crippen LogP contribution in [0.4, 0.5) is 10.1 Å². The average Bonchev–Trinajstić information content (AvgIpc) is 2.39. The molecule has 0 aromatic heterocycles. The van der Waals surface area contributed by atoms with Gasteiger partial charge < -0.3 is 15.1 Å². The minimum absolute atomic E-state index is 0.0317. The van der Waals surface area contributed by atoms with Crippen molar-refractivity contribution in [2.75, 3.05) is 18.5 Å². The molecule has 0 unspecified atom stereocenters. The molecule has 0 aliphatic heterocycles. The zero-order valence-corrected chi connectivity index (χ0v) is 10.9. The number of phenols is 2. The Morgan fingerprint density at radius 1 is 1.15 bits per heavy atom. The Bertz CT molecular complexity index is 626. The van der Waals surface area contributed by atoms with Gasteiger partial charge in [0, 0.05) is 18.8 Å². The van der Waals surface area contributed by atoms with E-state index in [0.29, 0.717) is 5.69 Å². The third kappa shape index (κ3) is 3.06. The summed E-state index contributed by atoms with van der Waals surface area (Å²) in [5.74, 6) is -1.01. The molecule has 0 aliphatic carbocycles. The van der Waals surface area contributed by atoms with E-state index in [0.717, 1.165) is 6.07 Å². The molecular weight excluding hydrogens is 261 g/mol. The molecule has 0 saturated heterocycles. The minimum atomic E-state index is -0.343. The number of benzene rings is 2. The Hall–Kier alpha value is -2.56. The Morgan fingerprint density at radius 2 is 1.80 bits per heavy atom. The molecule has 4 nitrogen and oxygen atoms in total. The van der Waals surface area contributed by atoms with E-state index in [-0.39, 0.29) is 35.2 Å². The van der Waals surface area contributed by atoms with E-state index in [1.807, 2.05) is 0 Å². The van der Waals surface area contributed by atoms with Crippen LogP contribution in [-0.2, 0) is 0 Å². The van der Waals surface area contributed by atoms with Crippen molar-refractivity contribution < 1.29 is 19.4 Å². The van der Waals surface area contributed by atoms with Gasteiger partial charge in [0.15, 0.2) is 5.78 Å². The lowest BCUT2D eigenvalue weighted by Crippen LogP contribution is -2.25. The molecule has 104 valence electrons. The van der Waals surface area contributed by atoms with Crippen LogP contribution in [0.25, 0.3) is 0 Å². The maximum atomic E-state index is 12.8. The van der Waals surface area contributed by atoms with Gasteiger partial charge in [-0.15, -0.1) is 0 Å². The van der Waals surface area contributed by atoms with Gasteiger partial charge in [-0.3, -0.25) is 4.79 Å². The second-order valence-corrected chi connectivity index (χ2v) is 4.46. The first kappa shape index (κ1) is 13.9. The van der Waals surface area contributed by atoms with Crippen LogP contribution in [0.1, 0.15) is 10.4 Å². The summed E-state index contributed by atoms with van der Waals surface area (Å²) in [6, 6.07) is 9.59. The lowest BCUT2D eigenvalue weighted by Gasteiger charge is -2.18. The number of phenolic OH excluding ortho intramolecular Hbond substituents is 2. The normalized spacial score (nSPS) is 10.3. The van der Waals surface area contributed by atoms with Crippen molar-refractivity contribution in [3.8, 4) is 11.5 Å². The second-order valence-electron chi connectivity index (χ2n) is 4.46. The number of Topliss-reactive ketones (excluding diaryl/α,β-unsaturated/α-hetero) is 1. The van der Waals surface area contributed by atoms with Gasteiger partial charge >= 0.3 is 0 Å². The van der Waals surface area contributed by atoms with Crippen LogP contribution in [0.5, 0.6) is 11.5 Å². The first-order valence-electron chi connectivity index (χ1n) is 5.99. The van der Waals surface area contributed by atoms with Crippen LogP contribution in [0.3, 0.4) is 0 Å². The predicted molar refractivity (Wildman–Crippen MR) is 73.8 cm³/mol. The number of anilines is 1. The highest BCUT2D eigenvalue weighted by Crippen LogP contribution is 2.23. The lowest BCUT2D eigenvalue weighted by molar-refractivity contribution is 0.0998. The molecular formula is C15H14FNO3. The maximum Gasteiger partial charge on any atom is 0.185 e. The fourth-order valence-corrected chi connectivity index (χ4v) is 1.84. The van der Waals surface area contributed by atoms with E-state index in [2.05, 4.69) is 0 Å². The molecule has 2 N–H and O–H groups in total. The van der Waals surface area contributed by atoms with Crippen molar-refractivity contribution in [2.45, 2.75) is 0 Å². The van der Waals surface area contributed by atoms with Crippen LogP contribution in [0.15, 0.2) is 42.5 Å². The quantitative estimate of drug-likeness (QED) is 0.842. The number of carbonyl (C=O) groups excluding carboxylic acids is 1. The highest BCUT2D eigenvalue weighted by Gasteiger charge is 2.14. The lowest BCUT2D eigenvalue weighted by atomic mass is 10.1. The highest BCUT2D eigenvalue weighted by atomic mass is 19.1. The van der Waals surface area contributed by atoms with E-state index in [1.165, 1.54) is 24.3 Å². The fraction of sp³-hybridized carbons (Fsp3) is 0.133. The van der Waals surface area contributed by atoms with Crippen molar-refractivity contribution in [1.29, 1.82) is 0 Å². The summed E-state index contributed by atoms with van der Waals surface area (Å²) in [7, 11) is 1.70. The number of ketones is 1. The van der Waals surface area contributed by atoms with Gasteiger partial charge in [-0.25, -0.2) is 4.39 Å². The molecule has 0 aliphatic rings. The monoisotopic (exact) mass is 275 g/mol. The smallest absolute Gasteiger partial charge is 0.185 e. The number of halogens is 1. The molecule has 5 heteroatoms. The summed E-state index contributed by atoms with van der Waals surface area (Å²) in [5.41, 5.74) is 0.828. The van der Waals surface area contributed by atoms with Gasteiger partial charge in [0.1, 0.15) is 17.3 Å². The average molecular weight is 275 g/mol. The second kappa shape index (κ2) is 5.61. The molecule has 2 aromatic rings. The topological polar surface area (TPSA) is 60.8 Å². The molecule has 2 aromatic carbocycles. The van der Waals surface area contributed by atoms with Crippen LogP contribution < -0.4 is 4.90 Å². The van der Waals surface area contributed by atoms with E-state index >= 15 is 0 Å². The largest absolute Gasteiger partial charge is 0.508 e. The first-order chi connectivity index (χ1) is 9.47. The van der Waals surface area contributed by atoms with Gasteiger partial charge in [0.25, 0.3) is 0 Å². The first-order valence-corrected chi connectivity index (χ1v) is 5.99. The SMILES string of the molecule is CN(CC(=O)c1ccc(O)cc1O)c1ccc(F)cc1. The summed E-state index contributed by atoms with van der Waals surface area (Å²) >= 11 is 0. The van der Waals surface area contributed by atoms with E-state index in [4.69, 9.17) is 0 Å². The Labute approximate surface area is 115 Å². The number of likely N-dealkylation sites (N-methyl/N-ethyl adjacent to an activating group) is 1. The predicted octanol–water partition coefficient (Wildman–Crippen LogP) is 2.56. The number of nitrogens with zero attached hydrogens (tertiary/aromatic N) is 1. The van der Waals surface area contributed by atoms with Gasteiger partial charge in [-0.2, -0.15) is 0 Å². The Morgan fingerprint density at radius 3 is 2.40 bits per heavy atom. The van der Waals surface area contributed by atoms with Crippen molar-refractivity contribution >= 4 is 11.5 Å². The number of carbonyl (C=O) groups is 1. The van der Waals surface area contributed by atoms with E-state index in [1.54, 1.807) is 24.1 Å². The van der Waals surface area contributed by atoms with E-state index < -0.39 is 0 Å². The molecule has 0 atom stereocenters. The van der Waals surface area contributed by atoms with Crippen LogP contribution in [-0.4, -0.2) is 29.6 Å². The third-order valence-electron chi connectivity index (χ3n) is 2.93. The number of rotatable bonds is 4. The Balaban J connectivity index is 2.13. The van der Waals surface area contributed by atoms with Gasteiger partial charge in [0.2, 0.25) is 0 Å². The summed E-state index contributed by atoms with van der Waals surface area (Å²) < 4.78 is 12.8. The van der Waals surface area contributed by atoms with Crippen LogP contribution in [0, 0.1) is 5.82 Å². The third-order valence-corrected chi connectivity index (χ3v) is 2.93. The summed E-state index contributed by atoms with van der Waals surface area (Å²) in [6.07, 6.45) is 0. The van der Waals surface area contributed by atoms with E-state index in [9.17, 15) is 19.4 Å². The van der Waals surface area contributed by atoms with Gasteiger partial charge in [0.05, 0.1) is 12.1 Å². The molecule has 0 amide bonds. The molecule has 2 rings (SSSR count). The number of hydrogen-bond donors (Lipinski definition) is 2. The van der Waals surface area contributed by atoms with Crippen molar-refractivity contribution in [1.82, 2.24) is 0 Å². The molecule has 0 radical (unpaired) electrons. The fourth-order valence-electron chi connectivity index (χ4n) is 1.84. The summed E-state index contributed by atoms with van der Waals surface area (Å²) in [4.78, 5) is 13.7. The van der Waals surface area contributed by atoms with Crippen molar-refractivity contribution in [2.24, 2.45) is 0 Å². The van der Waals surface area contributed by atoms with Crippen LogP contribution >= 0.6 is 0 Å². The van der Waals surface area contributed by atoms with Gasteiger partial charge in [-0.05, 0) is 36.4 Å².